The zero-order valence-electron chi connectivity index (χ0n) is 15.2. The zero-order valence-corrected chi connectivity index (χ0v) is 17.6. The molecule has 9 heteroatoms. The smallest absolute Gasteiger partial charge is 0.252 e. The molecule has 1 fully saturated rings. The normalized spacial score (nSPS) is 16.5. The molecule has 1 aliphatic rings. The second-order valence-corrected chi connectivity index (χ2v) is 10.5. The third-order valence-electron chi connectivity index (χ3n) is 4.88. The minimum Gasteiger partial charge on any atom is -0.330 e. The maximum atomic E-state index is 12.7. The summed E-state index contributed by atoms with van der Waals surface area (Å²) in [5.41, 5.74) is 1.10. The number of hydrogen-bond acceptors (Lipinski definition) is 5. The Balaban J connectivity index is 1.34. The van der Waals surface area contributed by atoms with Crippen LogP contribution >= 0.6 is 22.9 Å². The molecule has 2 aromatic heterocycles. The molecule has 148 valence electrons. The molecule has 1 aromatic carbocycles. The van der Waals surface area contributed by atoms with Gasteiger partial charge in [0.25, 0.3) is 10.0 Å². The maximum Gasteiger partial charge on any atom is 0.252 e. The van der Waals surface area contributed by atoms with E-state index in [4.69, 9.17) is 11.6 Å². The van der Waals surface area contributed by atoms with Gasteiger partial charge in [-0.2, -0.15) is 4.31 Å². The Bertz CT molecular complexity index is 1030. The van der Waals surface area contributed by atoms with Crippen LogP contribution in [0.25, 0.3) is 11.4 Å². The van der Waals surface area contributed by atoms with Crippen molar-refractivity contribution in [3.8, 4) is 11.4 Å². The molecule has 0 atom stereocenters. The van der Waals surface area contributed by atoms with Gasteiger partial charge in [-0.25, -0.2) is 13.4 Å². The second-order valence-electron chi connectivity index (χ2n) is 6.61. The summed E-state index contributed by atoms with van der Waals surface area (Å²) in [6.07, 6.45) is 3.81. The van der Waals surface area contributed by atoms with Crippen LogP contribution in [0.1, 0.15) is 0 Å². The topological polar surface area (TPSA) is 58.4 Å². The highest BCUT2D eigenvalue weighted by Crippen LogP contribution is 2.28. The van der Waals surface area contributed by atoms with E-state index in [1.54, 1.807) is 16.4 Å². The van der Waals surface area contributed by atoms with E-state index in [1.807, 2.05) is 30.6 Å². The lowest BCUT2D eigenvalue weighted by molar-refractivity contribution is 0.183. The van der Waals surface area contributed by atoms with Gasteiger partial charge >= 0.3 is 0 Å². The van der Waals surface area contributed by atoms with Crippen LogP contribution in [-0.2, 0) is 16.6 Å². The van der Waals surface area contributed by atoms with Gasteiger partial charge in [0.05, 0.1) is 4.34 Å². The highest BCUT2D eigenvalue weighted by Gasteiger charge is 2.29. The molecule has 0 saturated carbocycles. The van der Waals surface area contributed by atoms with Gasteiger partial charge in [0.1, 0.15) is 10.0 Å². The van der Waals surface area contributed by atoms with Crippen molar-refractivity contribution in [3.05, 3.63) is 59.2 Å². The van der Waals surface area contributed by atoms with Crippen LogP contribution in [0.2, 0.25) is 4.34 Å². The summed E-state index contributed by atoms with van der Waals surface area (Å²) >= 11 is 7.00. The Morgan fingerprint density at radius 2 is 1.75 bits per heavy atom. The Labute approximate surface area is 174 Å². The molecule has 3 aromatic rings. The van der Waals surface area contributed by atoms with E-state index in [-0.39, 0.29) is 0 Å². The summed E-state index contributed by atoms with van der Waals surface area (Å²) in [4.78, 5) is 6.77. The average molecular weight is 437 g/mol. The van der Waals surface area contributed by atoms with Crippen LogP contribution in [0, 0.1) is 0 Å². The van der Waals surface area contributed by atoms with E-state index in [1.165, 1.54) is 0 Å². The van der Waals surface area contributed by atoms with Crippen LogP contribution in [0.4, 0.5) is 0 Å². The van der Waals surface area contributed by atoms with E-state index in [2.05, 4.69) is 26.6 Å². The minimum absolute atomic E-state index is 0.317. The van der Waals surface area contributed by atoms with Gasteiger partial charge in [0.2, 0.25) is 0 Å². The van der Waals surface area contributed by atoms with Gasteiger partial charge in [0, 0.05) is 57.2 Å². The van der Waals surface area contributed by atoms with Gasteiger partial charge in [-0.1, -0.05) is 41.9 Å². The molecule has 4 rings (SSSR count). The lowest BCUT2D eigenvalue weighted by Gasteiger charge is -2.33. The number of aromatic nitrogens is 2. The van der Waals surface area contributed by atoms with Gasteiger partial charge in [0.15, 0.2) is 0 Å². The van der Waals surface area contributed by atoms with Crippen molar-refractivity contribution in [2.75, 3.05) is 32.7 Å². The van der Waals surface area contributed by atoms with E-state index in [9.17, 15) is 8.42 Å². The summed E-state index contributed by atoms with van der Waals surface area (Å²) in [5, 5.41) is 0. The van der Waals surface area contributed by atoms with Gasteiger partial charge < -0.3 is 4.57 Å². The van der Waals surface area contributed by atoms with Crippen molar-refractivity contribution in [1.82, 2.24) is 18.8 Å². The first-order valence-corrected chi connectivity index (χ1v) is 11.7. The Hall–Kier alpha value is -1.71. The molecule has 0 spiro atoms. The van der Waals surface area contributed by atoms with Crippen LogP contribution in [0.5, 0.6) is 0 Å². The predicted octanol–water partition coefficient (Wildman–Crippen LogP) is 3.27. The summed E-state index contributed by atoms with van der Waals surface area (Å²) in [5.74, 6) is 0.955. The van der Waals surface area contributed by atoms with E-state index in [0.29, 0.717) is 34.7 Å². The first-order valence-electron chi connectivity index (χ1n) is 9.08. The van der Waals surface area contributed by atoms with Gasteiger partial charge in [-0.05, 0) is 12.1 Å². The summed E-state index contributed by atoms with van der Waals surface area (Å²) in [6, 6.07) is 13.3. The number of nitrogens with zero attached hydrogens (tertiary/aromatic N) is 4. The van der Waals surface area contributed by atoms with Crippen LogP contribution in [0.3, 0.4) is 0 Å². The van der Waals surface area contributed by atoms with Crippen molar-refractivity contribution < 1.29 is 8.42 Å². The van der Waals surface area contributed by atoms with Crippen LogP contribution in [0.15, 0.2) is 59.1 Å². The minimum atomic E-state index is -3.44. The first kappa shape index (κ1) is 19.6. The summed E-state index contributed by atoms with van der Waals surface area (Å²) in [7, 11) is -3.44. The molecule has 0 N–H and O–H groups in total. The first-order chi connectivity index (χ1) is 13.5. The Kier molecular flexibility index (Phi) is 5.84. The number of imidazole rings is 1. The number of thiophene rings is 1. The van der Waals surface area contributed by atoms with E-state index >= 15 is 0 Å². The second kappa shape index (κ2) is 8.34. The number of sulfonamides is 1. The SMILES string of the molecule is O=S(=O)(c1ccc(Cl)s1)N1CCN(CCn2ccnc2-c2ccccc2)CC1. The van der Waals surface area contributed by atoms with Crippen molar-refractivity contribution >= 4 is 33.0 Å². The lowest BCUT2D eigenvalue weighted by Crippen LogP contribution is -2.49. The summed E-state index contributed by atoms with van der Waals surface area (Å²) < 4.78 is 29.9. The van der Waals surface area contributed by atoms with Gasteiger partial charge in [-0.3, -0.25) is 4.90 Å². The molecule has 28 heavy (non-hydrogen) atoms. The van der Waals surface area contributed by atoms with Crippen molar-refractivity contribution in [1.29, 1.82) is 0 Å². The molecule has 6 nitrogen and oxygen atoms in total. The Morgan fingerprint density at radius 1 is 1.00 bits per heavy atom. The third-order valence-corrected chi connectivity index (χ3v) is 8.48. The Morgan fingerprint density at radius 3 is 2.43 bits per heavy atom. The average Bonchev–Trinajstić information content (AvgIpc) is 3.36. The largest absolute Gasteiger partial charge is 0.330 e. The van der Waals surface area contributed by atoms with Crippen molar-refractivity contribution in [2.24, 2.45) is 0 Å². The molecular weight excluding hydrogens is 416 g/mol. The molecule has 1 aliphatic heterocycles. The highest BCUT2D eigenvalue weighted by molar-refractivity contribution is 7.91. The quantitative estimate of drug-likeness (QED) is 0.595. The molecule has 0 unspecified atom stereocenters. The number of halogens is 1. The third kappa shape index (κ3) is 4.16. The monoisotopic (exact) mass is 436 g/mol. The molecule has 0 bridgehead atoms. The highest BCUT2D eigenvalue weighted by atomic mass is 35.5. The predicted molar refractivity (Wildman–Crippen MR) is 112 cm³/mol. The lowest BCUT2D eigenvalue weighted by atomic mass is 10.2. The van der Waals surface area contributed by atoms with E-state index < -0.39 is 10.0 Å². The van der Waals surface area contributed by atoms with Crippen molar-refractivity contribution in [3.63, 3.8) is 0 Å². The van der Waals surface area contributed by atoms with Crippen molar-refractivity contribution in [2.45, 2.75) is 10.8 Å². The van der Waals surface area contributed by atoms with Gasteiger partial charge in [-0.15, -0.1) is 11.3 Å². The number of benzene rings is 1. The fraction of sp³-hybridized carbons (Fsp3) is 0.316. The molecule has 0 aliphatic carbocycles. The molecule has 0 amide bonds. The maximum absolute atomic E-state index is 12.7. The number of hydrogen-bond donors (Lipinski definition) is 0. The van der Waals surface area contributed by atoms with E-state index in [0.717, 1.165) is 35.8 Å². The molecule has 0 radical (unpaired) electrons. The number of piperazine rings is 1. The molecule has 3 heterocycles. The fourth-order valence-electron chi connectivity index (χ4n) is 3.34. The fourth-order valence-corrected chi connectivity index (χ4v) is 6.40. The van der Waals surface area contributed by atoms with Crippen LogP contribution < -0.4 is 0 Å². The summed E-state index contributed by atoms with van der Waals surface area (Å²) in [6.45, 7) is 4.09. The van der Waals surface area contributed by atoms with Crippen LogP contribution in [-0.4, -0.2) is 59.9 Å². The number of rotatable bonds is 6. The molecule has 1 saturated heterocycles. The molecular formula is C19H21ClN4O2S2. The standard InChI is InChI=1S/C19H21ClN4O2S2/c20-17-6-7-18(27-17)28(25,26)24-14-11-22(12-15-24)10-13-23-9-8-21-19(23)16-4-2-1-3-5-16/h1-9H,10-15H2. The zero-order chi connectivity index (χ0) is 19.6.